The minimum atomic E-state index is -0.495. The minimum absolute atomic E-state index is 0.475. The van der Waals surface area contributed by atoms with Crippen molar-refractivity contribution in [2.75, 3.05) is 18.4 Å². The first kappa shape index (κ1) is 33.9. The van der Waals surface area contributed by atoms with Crippen molar-refractivity contribution in [3.05, 3.63) is 215 Å². The molecule has 4 N–H and O–H groups in total. The summed E-state index contributed by atoms with van der Waals surface area (Å²) in [5, 5.41) is 10.2. The first-order chi connectivity index (χ1) is 29.2. The number of pyridine rings is 1. The summed E-state index contributed by atoms with van der Waals surface area (Å²) in [4.78, 5) is 5.35. The Bertz CT molecular complexity index is 3100. The van der Waals surface area contributed by atoms with Crippen molar-refractivity contribution in [1.82, 2.24) is 14.9 Å². The summed E-state index contributed by atoms with van der Waals surface area (Å²) < 4.78 is 2.37. The van der Waals surface area contributed by atoms with Crippen LogP contribution in [0.4, 0.5) is 11.4 Å². The Balaban J connectivity index is 0.991. The van der Waals surface area contributed by atoms with Gasteiger partial charge >= 0.3 is 0 Å². The third kappa shape index (κ3) is 4.98. The van der Waals surface area contributed by atoms with Gasteiger partial charge in [0.2, 0.25) is 0 Å². The molecule has 6 aromatic carbocycles. The van der Waals surface area contributed by atoms with Crippen LogP contribution >= 0.6 is 0 Å². The molecule has 1 spiro atoms. The normalized spacial score (nSPS) is 17.1. The molecule has 8 aromatic rings. The van der Waals surface area contributed by atoms with Gasteiger partial charge in [-0.15, -0.1) is 0 Å². The van der Waals surface area contributed by atoms with Gasteiger partial charge in [-0.1, -0.05) is 127 Å². The number of para-hydroxylation sites is 2. The van der Waals surface area contributed by atoms with Crippen LogP contribution < -0.4 is 16.4 Å². The Hall–Kier alpha value is -7.21. The molecule has 1 fully saturated rings. The monoisotopic (exact) mass is 759 g/mol. The van der Waals surface area contributed by atoms with Gasteiger partial charge in [0.15, 0.2) is 0 Å². The number of nitrogens with zero attached hydrogens (tertiary/aromatic N) is 2. The number of fused-ring (bicyclic) bond motifs is 12. The van der Waals surface area contributed by atoms with E-state index < -0.39 is 5.41 Å². The highest BCUT2D eigenvalue weighted by atomic mass is 15.0. The number of hydrogen-bond donors (Lipinski definition) is 3. The first-order valence-electron chi connectivity index (χ1n) is 20.7. The highest BCUT2D eigenvalue weighted by Gasteiger charge is 2.54. The molecule has 2 aromatic heterocycles. The lowest BCUT2D eigenvalue weighted by Crippen LogP contribution is -2.33. The van der Waals surface area contributed by atoms with Crippen molar-refractivity contribution in [1.29, 1.82) is 0 Å². The van der Waals surface area contributed by atoms with E-state index in [9.17, 15) is 0 Å². The summed E-state index contributed by atoms with van der Waals surface area (Å²) in [5.41, 5.74) is 27.4. The maximum Gasteiger partial charge on any atom is 0.0940 e. The Morgan fingerprint density at radius 1 is 0.712 bits per heavy atom. The van der Waals surface area contributed by atoms with E-state index in [0.29, 0.717) is 6.54 Å². The fraction of sp³-hybridized carbons (Fsp3) is 0.0926. The molecule has 0 saturated heterocycles. The maximum atomic E-state index is 6.08. The number of aromatic nitrogens is 2. The first-order valence-corrected chi connectivity index (χ1v) is 20.7. The van der Waals surface area contributed by atoms with Gasteiger partial charge in [-0.3, -0.25) is 4.98 Å². The lowest BCUT2D eigenvalue weighted by Gasteiger charge is -2.35. The summed E-state index contributed by atoms with van der Waals surface area (Å²) in [6.07, 6.45) is 12.9. The molecule has 1 atom stereocenters. The smallest absolute Gasteiger partial charge is 0.0940 e. The van der Waals surface area contributed by atoms with Crippen LogP contribution in [0.5, 0.6) is 0 Å². The van der Waals surface area contributed by atoms with Gasteiger partial charge in [0, 0.05) is 58.1 Å². The Morgan fingerprint density at radius 2 is 1.34 bits per heavy atom. The lowest BCUT2D eigenvalue weighted by molar-refractivity contribution is 0.717. The molecule has 5 heteroatoms. The zero-order valence-electron chi connectivity index (χ0n) is 32.5. The standard InChI is InChI=1S/C54H41N5/c55-30-9-14-39(36-19-20-36)52-53(51-45(32-57-52)41-11-2-6-16-47(41)54(51)46-15-5-1-10-40(46)42-29-31-56-33-48(42)54)58-37-25-21-34(22-26-37)35-23-27-38(28-24-35)59-49-17-7-3-12-43(49)44-13-4-8-18-50(44)59/h1-18,21-29,31-32,56,58H,19-20,30,33,55H2/b14-9-. The molecule has 1 saturated carbocycles. The molecule has 12 rings (SSSR count). The number of rotatable bonds is 7. The van der Waals surface area contributed by atoms with Crippen LogP contribution in [0.2, 0.25) is 0 Å². The zero-order valence-corrected chi connectivity index (χ0v) is 32.5. The van der Waals surface area contributed by atoms with Crippen molar-refractivity contribution >= 4 is 44.3 Å². The molecule has 0 amide bonds. The zero-order chi connectivity index (χ0) is 39.1. The number of nitrogens with one attached hydrogen (secondary N) is 2. The van der Waals surface area contributed by atoms with Crippen molar-refractivity contribution < 1.29 is 0 Å². The second-order valence-corrected chi connectivity index (χ2v) is 16.0. The topological polar surface area (TPSA) is 67.9 Å². The largest absolute Gasteiger partial charge is 0.387 e. The summed E-state index contributed by atoms with van der Waals surface area (Å²) >= 11 is 0. The second kappa shape index (κ2) is 13.2. The van der Waals surface area contributed by atoms with Crippen LogP contribution in [-0.2, 0) is 5.41 Å². The number of hydrogen-bond acceptors (Lipinski definition) is 4. The molecule has 0 bridgehead atoms. The van der Waals surface area contributed by atoms with Crippen molar-refractivity contribution in [2.24, 2.45) is 5.73 Å². The van der Waals surface area contributed by atoms with E-state index in [2.05, 4.69) is 191 Å². The molecular weight excluding hydrogens is 719 g/mol. The molecule has 282 valence electrons. The molecular formula is C54H41N5. The van der Waals surface area contributed by atoms with Crippen LogP contribution in [-0.4, -0.2) is 22.6 Å². The summed E-state index contributed by atoms with van der Waals surface area (Å²) in [6.45, 7) is 1.24. The Morgan fingerprint density at radius 3 is 2.03 bits per heavy atom. The molecule has 1 aliphatic heterocycles. The van der Waals surface area contributed by atoms with Crippen LogP contribution in [0.25, 0.3) is 60.9 Å². The number of anilines is 2. The van der Waals surface area contributed by atoms with Crippen molar-refractivity contribution in [2.45, 2.75) is 18.3 Å². The van der Waals surface area contributed by atoms with Crippen LogP contribution in [0.3, 0.4) is 0 Å². The highest BCUT2D eigenvalue weighted by Crippen LogP contribution is 2.64. The quantitative estimate of drug-likeness (QED) is 0.151. The van der Waals surface area contributed by atoms with Gasteiger partial charge in [-0.05, 0) is 106 Å². The minimum Gasteiger partial charge on any atom is -0.387 e. The summed E-state index contributed by atoms with van der Waals surface area (Å²) in [5.74, 6) is 0. The van der Waals surface area contributed by atoms with Crippen molar-refractivity contribution in [3.8, 4) is 27.9 Å². The number of nitrogens with two attached hydrogens (primary N) is 1. The van der Waals surface area contributed by atoms with E-state index >= 15 is 0 Å². The van der Waals surface area contributed by atoms with Gasteiger partial charge in [0.1, 0.15) is 0 Å². The number of dihydropyridines is 1. The third-order valence-electron chi connectivity index (χ3n) is 12.9. The molecule has 4 aliphatic rings. The Kier molecular flexibility index (Phi) is 7.56. The lowest BCUT2D eigenvalue weighted by atomic mass is 9.68. The number of allylic oxidation sites excluding steroid dienone is 5. The maximum absolute atomic E-state index is 6.08. The molecule has 1 unspecified atom stereocenters. The molecule has 3 heterocycles. The summed E-state index contributed by atoms with van der Waals surface area (Å²) in [7, 11) is 0. The molecule has 3 aliphatic carbocycles. The third-order valence-corrected chi connectivity index (χ3v) is 12.9. The van der Waals surface area contributed by atoms with Gasteiger partial charge in [0.25, 0.3) is 0 Å². The SMILES string of the molecule is NC/C=C\C(=C1CC1)c1ncc2c(c1Nc1ccc(-c3ccc(-n4c5ccccc5c5ccccc54)cc3)cc1)C1(C3=C(C=CNC3)c3ccccc31)c1ccccc1-2. The Labute approximate surface area is 343 Å². The molecule has 5 nitrogen and oxygen atoms in total. The summed E-state index contributed by atoms with van der Waals surface area (Å²) in [6, 6.07) is 53.1. The van der Waals surface area contributed by atoms with Crippen LogP contribution in [0.1, 0.15) is 40.8 Å². The van der Waals surface area contributed by atoms with Crippen molar-refractivity contribution in [3.63, 3.8) is 0 Å². The van der Waals surface area contributed by atoms with E-state index in [1.54, 1.807) is 0 Å². The van der Waals surface area contributed by atoms with E-state index in [-0.39, 0.29) is 0 Å². The van der Waals surface area contributed by atoms with Crippen LogP contribution in [0, 0.1) is 0 Å². The van der Waals surface area contributed by atoms with Gasteiger partial charge < -0.3 is 20.9 Å². The van der Waals surface area contributed by atoms with E-state index in [1.807, 2.05) is 0 Å². The average molecular weight is 760 g/mol. The average Bonchev–Trinajstić information content (AvgIpc) is 3.94. The molecule has 0 radical (unpaired) electrons. The van der Waals surface area contributed by atoms with Gasteiger partial charge in [-0.25, -0.2) is 0 Å². The van der Waals surface area contributed by atoms with Gasteiger partial charge in [0.05, 0.1) is 27.8 Å². The van der Waals surface area contributed by atoms with E-state index in [0.717, 1.165) is 47.7 Å². The van der Waals surface area contributed by atoms with E-state index in [4.69, 9.17) is 10.7 Å². The number of benzene rings is 6. The van der Waals surface area contributed by atoms with E-state index in [1.165, 1.54) is 83.0 Å². The fourth-order valence-electron chi connectivity index (χ4n) is 10.3. The van der Waals surface area contributed by atoms with Crippen LogP contribution in [0.15, 0.2) is 187 Å². The van der Waals surface area contributed by atoms with Gasteiger partial charge in [-0.2, -0.15) is 0 Å². The molecule has 59 heavy (non-hydrogen) atoms. The predicted molar refractivity (Wildman–Crippen MR) is 244 cm³/mol. The second-order valence-electron chi connectivity index (χ2n) is 16.0. The fourth-order valence-corrected chi connectivity index (χ4v) is 10.3. The highest BCUT2D eigenvalue weighted by molar-refractivity contribution is 6.09. The predicted octanol–water partition coefficient (Wildman–Crippen LogP) is 11.9.